The van der Waals surface area contributed by atoms with E-state index in [1.165, 1.54) is 4.90 Å². The summed E-state index contributed by atoms with van der Waals surface area (Å²) in [5.74, 6) is -0.502. The Morgan fingerprint density at radius 3 is 2.60 bits per heavy atom. The number of methoxy groups -OCH3 is 1. The summed E-state index contributed by atoms with van der Waals surface area (Å²) in [6.07, 6.45) is 0. The lowest BCUT2D eigenvalue weighted by atomic mass is 10.3. The molecule has 2 amide bonds. The minimum absolute atomic E-state index is 0.0164. The highest BCUT2D eigenvalue weighted by atomic mass is 16.5. The second-order valence-corrected chi connectivity index (χ2v) is 3.29. The fourth-order valence-electron chi connectivity index (χ4n) is 0.970. The van der Waals surface area contributed by atoms with Crippen LogP contribution in [0.3, 0.4) is 0 Å². The molecule has 0 aromatic carbocycles. The van der Waals surface area contributed by atoms with E-state index in [9.17, 15) is 9.59 Å². The third-order valence-electron chi connectivity index (χ3n) is 2.08. The molecular formula is C9H19N3O3. The van der Waals surface area contributed by atoms with Gasteiger partial charge in [0.05, 0.1) is 25.7 Å². The van der Waals surface area contributed by atoms with Gasteiger partial charge in [0.15, 0.2) is 0 Å². The molecule has 3 N–H and O–H groups in total. The van der Waals surface area contributed by atoms with Gasteiger partial charge < -0.3 is 20.7 Å². The van der Waals surface area contributed by atoms with Gasteiger partial charge in [0.25, 0.3) is 0 Å². The summed E-state index contributed by atoms with van der Waals surface area (Å²) in [5, 5.41) is 2.41. The highest BCUT2D eigenvalue weighted by Gasteiger charge is 2.15. The monoisotopic (exact) mass is 217 g/mol. The van der Waals surface area contributed by atoms with E-state index in [4.69, 9.17) is 10.5 Å². The van der Waals surface area contributed by atoms with Crippen molar-refractivity contribution in [2.45, 2.75) is 13.0 Å². The summed E-state index contributed by atoms with van der Waals surface area (Å²) >= 11 is 0. The van der Waals surface area contributed by atoms with Gasteiger partial charge in [0, 0.05) is 14.2 Å². The first-order valence-electron chi connectivity index (χ1n) is 4.74. The zero-order valence-corrected chi connectivity index (χ0v) is 9.45. The number of hydrogen-bond donors (Lipinski definition) is 2. The van der Waals surface area contributed by atoms with Crippen LogP contribution in [0.4, 0.5) is 0 Å². The number of amides is 2. The Labute approximate surface area is 89.7 Å². The molecule has 0 bridgehead atoms. The Morgan fingerprint density at radius 1 is 1.53 bits per heavy atom. The van der Waals surface area contributed by atoms with Crippen molar-refractivity contribution in [3.8, 4) is 0 Å². The second-order valence-electron chi connectivity index (χ2n) is 3.29. The van der Waals surface area contributed by atoms with Crippen LogP contribution >= 0.6 is 0 Å². The molecule has 6 heteroatoms. The van der Waals surface area contributed by atoms with Crippen molar-refractivity contribution in [3.05, 3.63) is 0 Å². The maximum Gasteiger partial charge on any atom is 0.242 e. The number of ether oxygens (including phenoxy) is 1. The average Bonchev–Trinajstić information content (AvgIpc) is 2.24. The van der Waals surface area contributed by atoms with Crippen molar-refractivity contribution in [1.82, 2.24) is 10.2 Å². The normalized spacial score (nSPS) is 12.0. The van der Waals surface area contributed by atoms with Crippen LogP contribution in [-0.2, 0) is 14.3 Å². The molecule has 0 rings (SSSR count). The third kappa shape index (κ3) is 5.34. The number of nitrogens with two attached hydrogens (primary N) is 1. The molecule has 0 aliphatic carbocycles. The van der Waals surface area contributed by atoms with Crippen LogP contribution in [0.1, 0.15) is 6.92 Å². The molecule has 0 saturated carbocycles. The molecule has 0 spiro atoms. The SMILES string of the molecule is COCC(C)N(C)C(=O)CNC(=O)CN. The number of carbonyl (C=O) groups excluding carboxylic acids is 2. The molecule has 0 aromatic heterocycles. The topological polar surface area (TPSA) is 84.7 Å². The average molecular weight is 217 g/mol. The smallest absolute Gasteiger partial charge is 0.242 e. The van der Waals surface area contributed by atoms with Crippen LogP contribution in [0.2, 0.25) is 0 Å². The molecule has 6 nitrogen and oxygen atoms in total. The minimum Gasteiger partial charge on any atom is -0.383 e. The van der Waals surface area contributed by atoms with Crippen molar-refractivity contribution in [1.29, 1.82) is 0 Å². The maximum atomic E-state index is 11.5. The van der Waals surface area contributed by atoms with Crippen molar-refractivity contribution in [2.24, 2.45) is 5.73 Å². The number of nitrogens with zero attached hydrogens (tertiary/aromatic N) is 1. The van der Waals surface area contributed by atoms with Crippen LogP contribution < -0.4 is 11.1 Å². The van der Waals surface area contributed by atoms with Gasteiger partial charge in [-0.15, -0.1) is 0 Å². The van der Waals surface area contributed by atoms with Gasteiger partial charge in [-0.25, -0.2) is 0 Å². The summed E-state index contributed by atoms with van der Waals surface area (Å²) in [4.78, 5) is 23.8. The van der Waals surface area contributed by atoms with Gasteiger partial charge in [-0.2, -0.15) is 0 Å². The Hall–Kier alpha value is -1.14. The second kappa shape index (κ2) is 7.19. The van der Waals surface area contributed by atoms with E-state index in [1.807, 2.05) is 6.92 Å². The van der Waals surface area contributed by atoms with Gasteiger partial charge in [-0.05, 0) is 6.92 Å². The highest BCUT2D eigenvalue weighted by Crippen LogP contribution is 1.95. The zero-order valence-electron chi connectivity index (χ0n) is 9.45. The van der Waals surface area contributed by atoms with Gasteiger partial charge in [-0.3, -0.25) is 9.59 Å². The molecule has 0 aliphatic rings. The number of carbonyl (C=O) groups is 2. The van der Waals surface area contributed by atoms with E-state index in [2.05, 4.69) is 5.32 Å². The molecule has 0 radical (unpaired) electrons. The lowest BCUT2D eigenvalue weighted by Gasteiger charge is -2.24. The Morgan fingerprint density at radius 2 is 2.13 bits per heavy atom. The summed E-state index contributed by atoms with van der Waals surface area (Å²) < 4.78 is 4.92. The molecule has 15 heavy (non-hydrogen) atoms. The van der Waals surface area contributed by atoms with Crippen molar-refractivity contribution in [3.63, 3.8) is 0 Å². The first-order valence-corrected chi connectivity index (χ1v) is 4.74. The van der Waals surface area contributed by atoms with Crippen LogP contribution in [0.5, 0.6) is 0 Å². The number of likely N-dealkylation sites (N-methyl/N-ethyl adjacent to an activating group) is 1. The highest BCUT2D eigenvalue weighted by molar-refractivity contribution is 5.85. The first kappa shape index (κ1) is 13.9. The molecule has 0 fully saturated rings. The van der Waals surface area contributed by atoms with Gasteiger partial charge in [-0.1, -0.05) is 0 Å². The molecular weight excluding hydrogens is 198 g/mol. The van der Waals surface area contributed by atoms with Gasteiger partial charge >= 0.3 is 0 Å². The van der Waals surface area contributed by atoms with E-state index in [1.54, 1.807) is 14.2 Å². The predicted octanol–water partition coefficient (Wildman–Crippen LogP) is -1.45. The number of hydrogen-bond acceptors (Lipinski definition) is 4. The Bertz CT molecular complexity index is 221. The number of nitrogens with one attached hydrogen (secondary N) is 1. The molecule has 0 aliphatic heterocycles. The lowest BCUT2D eigenvalue weighted by molar-refractivity contribution is -0.133. The molecule has 88 valence electrons. The summed E-state index contributed by atoms with van der Waals surface area (Å²) in [6, 6.07) is -0.0164. The van der Waals surface area contributed by atoms with Crippen LogP contribution in [0.25, 0.3) is 0 Å². The van der Waals surface area contributed by atoms with E-state index in [0.29, 0.717) is 6.61 Å². The minimum atomic E-state index is -0.337. The van der Waals surface area contributed by atoms with Gasteiger partial charge in [0.2, 0.25) is 11.8 Å². The fraction of sp³-hybridized carbons (Fsp3) is 0.778. The third-order valence-corrected chi connectivity index (χ3v) is 2.08. The summed E-state index contributed by atoms with van der Waals surface area (Å²) in [6.45, 7) is 2.20. The van der Waals surface area contributed by atoms with Crippen LogP contribution in [0, 0.1) is 0 Å². The quantitative estimate of drug-likeness (QED) is 0.570. The summed E-state index contributed by atoms with van der Waals surface area (Å²) in [7, 11) is 3.24. The van der Waals surface area contributed by atoms with E-state index < -0.39 is 0 Å². The molecule has 0 aromatic rings. The van der Waals surface area contributed by atoms with Crippen molar-refractivity contribution in [2.75, 3.05) is 33.9 Å². The summed E-state index contributed by atoms with van der Waals surface area (Å²) in [5.41, 5.74) is 5.08. The van der Waals surface area contributed by atoms with Crippen molar-refractivity contribution < 1.29 is 14.3 Å². The predicted molar refractivity (Wildman–Crippen MR) is 56.2 cm³/mol. The standard InChI is InChI=1S/C9H19N3O3/c1-7(6-15-3)12(2)9(14)5-11-8(13)4-10/h7H,4-6,10H2,1-3H3,(H,11,13). The first-order chi connectivity index (χ1) is 7.02. The van der Waals surface area contributed by atoms with Gasteiger partial charge in [0.1, 0.15) is 0 Å². The number of rotatable bonds is 6. The lowest BCUT2D eigenvalue weighted by Crippen LogP contribution is -2.44. The van der Waals surface area contributed by atoms with Crippen LogP contribution in [0.15, 0.2) is 0 Å². The van der Waals surface area contributed by atoms with Crippen LogP contribution in [-0.4, -0.2) is 56.6 Å². The molecule has 1 atom stereocenters. The molecule has 1 unspecified atom stereocenters. The molecule has 0 heterocycles. The van der Waals surface area contributed by atoms with Crippen molar-refractivity contribution >= 4 is 11.8 Å². The maximum absolute atomic E-state index is 11.5. The largest absolute Gasteiger partial charge is 0.383 e. The Balaban J connectivity index is 3.93. The Kier molecular flexibility index (Phi) is 6.64. The zero-order chi connectivity index (χ0) is 11.8. The fourth-order valence-corrected chi connectivity index (χ4v) is 0.970. The molecule has 0 saturated heterocycles. The van der Waals surface area contributed by atoms with E-state index in [-0.39, 0.29) is 30.9 Å². The van der Waals surface area contributed by atoms with E-state index in [0.717, 1.165) is 0 Å². The van der Waals surface area contributed by atoms with E-state index >= 15 is 0 Å².